The fourth-order valence-electron chi connectivity index (χ4n) is 5.52. The highest BCUT2D eigenvalue weighted by Gasteiger charge is 2.42. The van der Waals surface area contributed by atoms with Crippen LogP contribution >= 0.6 is 11.8 Å². The second kappa shape index (κ2) is 14.9. The van der Waals surface area contributed by atoms with E-state index in [-0.39, 0.29) is 24.9 Å². The zero-order valence-electron chi connectivity index (χ0n) is 24.2. The SMILES string of the molecule is CC(C)CC(CC(C)C)(c1ccccc1)N(CC(O)C(Sc1ccccc1)N(Cc1ccccc1)C(=O)[O-])C(=O)[O-]. The highest BCUT2D eigenvalue weighted by atomic mass is 32.2. The number of thioether (sulfide) groups is 1. The van der Waals surface area contributed by atoms with Crippen LogP contribution in [-0.2, 0) is 12.1 Å². The summed E-state index contributed by atoms with van der Waals surface area (Å²) in [6.45, 7) is 7.76. The molecule has 0 bridgehead atoms. The van der Waals surface area contributed by atoms with E-state index in [9.17, 15) is 24.9 Å². The summed E-state index contributed by atoms with van der Waals surface area (Å²) in [5.74, 6) is 0.250. The molecule has 8 heteroatoms. The van der Waals surface area contributed by atoms with Gasteiger partial charge in [-0.05, 0) is 47.9 Å². The van der Waals surface area contributed by atoms with Gasteiger partial charge in [-0.25, -0.2) is 0 Å². The van der Waals surface area contributed by atoms with Crippen molar-refractivity contribution in [3.8, 4) is 0 Å². The molecular weight excluding hydrogens is 536 g/mol. The van der Waals surface area contributed by atoms with E-state index >= 15 is 0 Å². The topological polar surface area (TPSA) is 107 Å². The molecule has 0 heterocycles. The van der Waals surface area contributed by atoms with Gasteiger partial charge in [0, 0.05) is 18.0 Å². The van der Waals surface area contributed by atoms with Gasteiger partial charge in [-0.15, -0.1) is 0 Å². The van der Waals surface area contributed by atoms with Gasteiger partial charge in [0.25, 0.3) is 0 Å². The molecule has 0 aliphatic rings. The van der Waals surface area contributed by atoms with Crippen LogP contribution < -0.4 is 10.2 Å². The first kappa shape index (κ1) is 32.0. The minimum Gasteiger partial charge on any atom is -0.530 e. The molecule has 0 radical (unpaired) electrons. The summed E-state index contributed by atoms with van der Waals surface area (Å²) in [6, 6.07) is 27.6. The van der Waals surface area contributed by atoms with Crippen LogP contribution in [0.15, 0.2) is 95.9 Å². The number of carboxylic acid groups (broad SMARTS) is 2. The monoisotopic (exact) mass is 576 g/mol. The van der Waals surface area contributed by atoms with Crippen LogP contribution in [0.2, 0.25) is 0 Å². The molecule has 7 nitrogen and oxygen atoms in total. The van der Waals surface area contributed by atoms with Crippen LogP contribution in [-0.4, -0.2) is 45.1 Å². The Morgan fingerprint density at radius 1 is 0.780 bits per heavy atom. The molecule has 3 rings (SSSR count). The summed E-state index contributed by atoms with van der Waals surface area (Å²) in [6.07, 6.45) is -3.27. The minimum atomic E-state index is -1.46. The van der Waals surface area contributed by atoms with Crippen LogP contribution in [0.25, 0.3) is 0 Å². The molecule has 0 spiro atoms. The third-order valence-electron chi connectivity index (χ3n) is 6.98. The van der Waals surface area contributed by atoms with Gasteiger partial charge in [0.1, 0.15) is 23.7 Å². The second-order valence-corrected chi connectivity index (χ2v) is 12.4. The number of nitrogens with zero attached hydrogens (tertiary/aromatic N) is 2. The standard InChI is InChI=1S/C33H42N2O5S/c1-24(2)20-33(21-25(3)4,27-16-10-6-11-17-27)35(32(39)40)23-29(36)30(41-28-18-12-7-13-19-28)34(31(37)38)22-26-14-8-5-9-15-26/h5-19,24-25,29-30,36H,20-23H2,1-4H3,(H,37,38)(H,39,40)/p-2. The van der Waals surface area contributed by atoms with E-state index < -0.39 is 29.2 Å². The van der Waals surface area contributed by atoms with E-state index in [0.717, 1.165) is 32.7 Å². The number of aliphatic hydroxyl groups excluding tert-OH is 1. The Hall–Kier alpha value is -3.49. The second-order valence-electron chi connectivity index (χ2n) is 11.2. The lowest BCUT2D eigenvalue weighted by atomic mass is 9.75. The number of aliphatic hydroxyl groups is 1. The number of hydrogen-bond acceptors (Lipinski definition) is 6. The lowest BCUT2D eigenvalue weighted by molar-refractivity contribution is -0.276. The Bertz CT molecular complexity index is 1210. The van der Waals surface area contributed by atoms with Crippen molar-refractivity contribution in [1.29, 1.82) is 0 Å². The third-order valence-corrected chi connectivity index (χ3v) is 8.33. The van der Waals surface area contributed by atoms with E-state index in [0.29, 0.717) is 12.8 Å². The molecule has 0 saturated heterocycles. The van der Waals surface area contributed by atoms with Crippen molar-refractivity contribution in [1.82, 2.24) is 9.80 Å². The Kier molecular flexibility index (Phi) is 11.7. The number of benzene rings is 3. The molecule has 2 unspecified atom stereocenters. The molecule has 0 aromatic heterocycles. The summed E-state index contributed by atoms with van der Waals surface area (Å²) in [5, 5.41) is 36.2. The van der Waals surface area contributed by atoms with Gasteiger partial charge in [-0.2, -0.15) is 0 Å². The van der Waals surface area contributed by atoms with Gasteiger partial charge < -0.3 is 34.7 Å². The first-order valence-electron chi connectivity index (χ1n) is 14.0. The van der Waals surface area contributed by atoms with Gasteiger partial charge in [-0.3, -0.25) is 0 Å². The first-order chi connectivity index (χ1) is 19.5. The van der Waals surface area contributed by atoms with Crippen molar-refractivity contribution in [3.63, 3.8) is 0 Å². The average Bonchev–Trinajstić information content (AvgIpc) is 2.94. The summed E-state index contributed by atoms with van der Waals surface area (Å²) in [4.78, 5) is 28.5. The molecule has 0 fully saturated rings. The molecule has 3 aromatic rings. The maximum atomic E-state index is 12.9. The first-order valence-corrected chi connectivity index (χ1v) is 14.9. The molecule has 0 aliphatic carbocycles. The number of carbonyl (C=O) groups is 2. The maximum absolute atomic E-state index is 12.9. The lowest BCUT2D eigenvalue weighted by Gasteiger charge is -2.50. The summed E-state index contributed by atoms with van der Waals surface area (Å²) >= 11 is 1.16. The van der Waals surface area contributed by atoms with E-state index in [1.54, 1.807) is 12.1 Å². The van der Waals surface area contributed by atoms with Crippen molar-refractivity contribution >= 4 is 23.9 Å². The lowest BCUT2D eigenvalue weighted by Crippen LogP contribution is -2.60. The van der Waals surface area contributed by atoms with Crippen LogP contribution in [0.1, 0.15) is 51.7 Å². The Morgan fingerprint density at radius 3 is 1.73 bits per heavy atom. The predicted octanol–water partition coefficient (Wildman–Crippen LogP) is 4.94. The van der Waals surface area contributed by atoms with E-state index in [2.05, 4.69) is 0 Å². The maximum Gasteiger partial charge on any atom is 0.138 e. The number of carbonyl (C=O) groups excluding carboxylic acids is 2. The molecule has 2 atom stereocenters. The molecule has 41 heavy (non-hydrogen) atoms. The van der Waals surface area contributed by atoms with Gasteiger partial charge >= 0.3 is 0 Å². The quantitative estimate of drug-likeness (QED) is 0.215. The zero-order valence-corrected chi connectivity index (χ0v) is 25.0. The minimum absolute atomic E-state index is 0.0299. The largest absolute Gasteiger partial charge is 0.530 e. The van der Waals surface area contributed by atoms with Gasteiger partial charge in [0.15, 0.2) is 0 Å². The fourth-order valence-corrected chi connectivity index (χ4v) is 6.65. The van der Waals surface area contributed by atoms with Crippen LogP contribution in [0.5, 0.6) is 0 Å². The fraction of sp³-hybridized carbons (Fsp3) is 0.394. The van der Waals surface area contributed by atoms with Crippen molar-refractivity contribution in [2.45, 2.75) is 69.0 Å². The van der Waals surface area contributed by atoms with Gasteiger partial charge in [0.2, 0.25) is 0 Å². The predicted molar refractivity (Wildman–Crippen MR) is 159 cm³/mol. The molecule has 220 valence electrons. The molecule has 2 amide bonds. The van der Waals surface area contributed by atoms with Crippen molar-refractivity contribution < 1.29 is 24.9 Å². The number of amides is 2. The molecule has 3 aromatic carbocycles. The average molecular weight is 577 g/mol. The van der Waals surface area contributed by atoms with Crippen LogP contribution in [0.3, 0.4) is 0 Å². The third kappa shape index (κ3) is 8.75. The van der Waals surface area contributed by atoms with E-state index in [1.807, 2.05) is 107 Å². The zero-order chi connectivity index (χ0) is 30.0. The van der Waals surface area contributed by atoms with Crippen LogP contribution in [0, 0.1) is 11.8 Å². The highest BCUT2D eigenvalue weighted by Crippen LogP contribution is 2.41. The van der Waals surface area contributed by atoms with E-state index in [4.69, 9.17) is 0 Å². The molecule has 0 aliphatic heterocycles. The van der Waals surface area contributed by atoms with Crippen molar-refractivity contribution in [2.75, 3.05) is 6.54 Å². The summed E-state index contributed by atoms with van der Waals surface area (Å²) < 4.78 is 0. The summed E-state index contributed by atoms with van der Waals surface area (Å²) in [7, 11) is 0. The van der Waals surface area contributed by atoms with Crippen molar-refractivity contribution in [2.24, 2.45) is 11.8 Å². The van der Waals surface area contributed by atoms with Gasteiger partial charge in [-0.1, -0.05) is 118 Å². The molecule has 1 N–H and O–H groups in total. The Labute approximate surface area is 247 Å². The number of rotatable bonds is 14. The molecule has 0 saturated carbocycles. The summed E-state index contributed by atoms with van der Waals surface area (Å²) in [5.41, 5.74) is 0.543. The smallest absolute Gasteiger partial charge is 0.138 e. The highest BCUT2D eigenvalue weighted by molar-refractivity contribution is 8.00. The Balaban J connectivity index is 2.09. The normalized spacial score (nSPS) is 13.1. The van der Waals surface area contributed by atoms with Gasteiger partial charge in [0.05, 0.1) is 5.54 Å². The van der Waals surface area contributed by atoms with E-state index in [1.165, 1.54) is 4.90 Å². The molecular formula is C33H40N2O5S-2. The van der Waals surface area contributed by atoms with Crippen molar-refractivity contribution in [3.05, 3.63) is 102 Å². The van der Waals surface area contributed by atoms with Crippen LogP contribution in [0.4, 0.5) is 9.59 Å². The Morgan fingerprint density at radius 2 is 1.27 bits per heavy atom. The number of hydrogen-bond donors (Lipinski definition) is 1.